The zero-order chi connectivity index (χ0) is 21.8. The molecule has 1 atom stereocenters. The molecule has 1 spiro atoms. The van der Waals surface area contributed by atoms with E-state index in [1.807, 2.05) is 24.6 Å². The van der Waals surface area contributed by atoms with E-state index in [-0.39, 0.29) is 5.41 Å². The first-order chi connectivity index (χ1) is 14.8. The number of anilines is 1. The number of carboxylic acid groups (broad SMARTS) is 1. The molecule has 0 bridgehead atoms. The molecule has 3 aromatic rings. The van der Waals surface area contributed by atoms with Crippen LogP contribution in [-0.2, 0) is 6.42 Å². The van der Waals surface area contributed by atoms with Gasteiger partial charge in [0.05, 0.1) is 6.20 Å². The van der Waals surface area contributed by atoms with Crippen LogP contribution in [0.1, 0.15) is 50.2 Å². The van der Waals surface area contributed by atoms with Gasteiger partial charge in [0.25, 0.3) is 0 Å². The molecule has 31 heavy (non-hydrogen) atoms. The number of nitrogens with zero attached hydrogens (tertiary/aromatic N) is 4. The maximum absolute atomic E-state index is 11.3. The van der Waals surface area contributed by atoms with Crippen LogP contribution in [0.3, 0.4) is 0 Å². The summed E-state index contributed by atoms with van der Waals surface area (Å²) in [6, 6.07) is 8.73. The van der Waals surface area contributed by atoms with E-state index in [9.17, 15) is 9.90 Å². The largest absolute Gasteiger partial charge is 0.465 e. The molecule has 0 radical (unpaired) electrons. The van der Waals surface area contributed by atoms with Crippen molar-refractivity contribution in [2.45, 2.75) is 51.0 Å². The Balaban J connectivity index is 1.39. The van der Waals surface area contributed by atoms with E-state index in [2.05, 4.69) is 62.1 Å². The van der Waals surface area contributed by atoms with Crippen LogP contribution in [0, 0.1) is 9.12 Å². The highest BCUT2D eigenvalue weighted by atomic mass is 127. The highest BCUT2D eigenvalue weighted by molar-refractivity contribution is 14.1. The van der Waals surface area contributed by atoms with Gasteiger partial charge in [-0.25, -0.2) is 9.78 Å². The monoisotopic (exact) mass is 551 g/mol. The predicted molar refractivity (Wildman–Crippen MR) is 130 cm³/mol. The van der Waals surface area contributed by atoms with Crippen LogP contribution in [-0.4, -0.2) is 44.4 Å². The minimum Gasteiger partial charge on any atom is -0.465 e. The van der Waals surface area contributed by atoms with Crippen molar-refractivity contribution in [1.82, 2.24) is 19.9 Å². The number of amides is 1. The minimum atomic E-state index is -0.955. The van der Waals surface area contributed by atoms with E-state index in [0.29, 0.717) is 5.92 Å². The van der Waals surface area contributed by atoms with Crippen LogP contribution < -0.4 is 10.2 Å². The molecule has 0 saturated carbocycles. The summed E-state index contributed by atoms with van der Waals surface area (Å²) < 4.78 is 2.95. The van der Waals surface area contributed by atoms with Gasteiger partial charge in [0.1, 0.15) is 3.70 Å². The zero-order valence-electron chi connectivity index (χ0n) is 17.6. The standard InChI is InChI=1S/C22H26IN5O2S/c1-21(2,25-20(29)30)12-16-15-6-4-3-5-14(15)11-22(16)7-9-27(10-8-22)19-26-28-17(23)13-24-18(28)31-19/h3-6,13,16,25H,7-12H2,1-2H3,(H,29,30)/t16-/m1/s1. The number of fused-ring (bicyclic) bond motifs is 2. The van der Waals surface area contributed by atoms with Gasteiger partial charge >= 0.3 is 6.09 Å². The quantitative estimate of drug-likeness (QED) is 0.457. The lowest BCUT2D eigenvalue weighted by Crippen LogP contribution is -2.48. The number of hydrogen-bond donors (Lipinski definition) is 2. The fourth-order valence-corrected chi connectivity index (χ4v) is 7.07. The second kappa shape index (κ2) is 7.61. The summed E-state index contributed by atoms with van der Waals surface area (Å²) in [5.74, 6) is 0.349. The zero-order valence-corrected chi connectivity index (χ0v) is 20.6. The fourth-order valence-electron chi connectivity index (χ4n) is 5.50. The van der Waals surface area contributed by atoms with Gasteiger partial charge in [-0.1, -0.05) is 35.6 Å². The second-order valence-electron chi connectivity index (χ2n) is 9.46. The normalized spacial score (nSPS) is 20.4. The Morgan fingerprint density at radius 3 is 2.81 bits per heavy atom. The van der Waals surface area contributed by atoms with Crippen molar-refractivity contribution in [3.63, 3.8) is 0 Å². The molecule has 1 aliphatic carbocycles. The predicted octanol–water partition coefficient (Wildman–Crippen LogP) is 4.76. The summed E-state index contributed by atoms with van der Waals surface area (Å²) >= 11 is 3.91. The van der Waals surface area contributed by atoms with Crippen molar-refractivity contribution in [3.05, 3.63) is 45.3 Å². The molecule has 1 amide bonds. The van der Waals surface area contributed by atoms with Crippen LogP contribution in [0.25, 0.3) is 4.96 Å². The first kappa shape index (κ1) is 21.0. The van der Waals surface area contributed by atoms with E-state index < -0.39 is 11.6 Å². The van der Waals surface area contributed by atoms with Crippen LogP contribution in [0.15, 0.2) is 30.5 Å². The molecule has 1 saturated heterocycles. The summed E-state index contributed by atoms with van der Waals surface area (Å²) in [7, 11) is 0. The summed E-state index contributed by atoms with van der Waals surface area (Å²) in [5, 5.41) is 17.9. The molecule has 1 aliphatic heterocycles. The molecular formula is C22H26IN5O2S. The fraction of sp³-hybridized carbons (Fsp3) is 0.500. The molecule has 164 valence electrons. The van der Waals surface area contributed by atoms with Crippen LogP contribution >= 0.6 is 33.9 Å². The van der Waals surface area contributed by atoms with Crippen molar-refractivity contribution in [2.24, 2.45) is 5.41 Å². The third-order valence-electron chi connectivity index (χ3n) is 6.93. The highest BCUT2D eigenvalue weighted by Crippen LogP contribution is 2.56. The summed E-state index contributed by atoms with van der Waals surface area (Å²) in [5.41, 5.74) is 2.52. The van der Waals surface area contributed by atoms with Crippen LogP contribution in [0.4, 0.5) is 9.93 Å². The summed E-state index contributed by atoms with van der Waals surface area (Å²) in [6.45, 7) is 5.92. The molecule has 9 heteroatoms. The first-order valence-corrected chi connectivity index (χ1v) is 12.5. The van der Waals surface area contributed by atoms with E-state index >= 15 is 0 Å². The Morgan fingerprint density at radius 2 is 2.10 bits per heavy atom. The Kier molecular flexibility index (Phi) is 5.16. The van der Waals surface area contributed by atoms with E-state index in [4.69, 9.17) is 5.10 Å². The van der Waals surface area contributed by atoms with E-state index in [0.717, 1.165) is 52.6 Å². The van der Waals surface area contributed by atoms with Gasteiger partial charge in [-0.2, -0.15) is 4.52 Å². The molecule has 1 fully saturated rings. The maximum atomic E-state index is 11.3. The molecule has 5 rings (SSSR count). The number of imidazole rings is 1. The molecular weight excluding hydrogens is 525 g/mol. The van der Waals surface area contributed by atoms with Gasteiger partial charge in [0, 0.05) is 18.6 Å². The number of aromatic nitrogens is 3. The van der Waals surface area contributed by atoms with Crippen molar-refractivity contribution in [1.29, 1.82) is 0 Å². The van der Waals surface area contributed by atoms with Crippen molar-refractivity contribution in [3.8, 4) is 0 Å². The van der Waals surface area contributed by atoms with E-state index in [1.165, 1.54) is 11.1 Å². The smallest absolute Gasteiger partial charge is 0.405 e. The SMILES string of the molecule is CC(C)(C[C@@H]1c2ccccc2CC12CCN(c1nn3c(I)cnc3s1)CC2)NC(=O)O. The molecule has 2 aliphatic rings. The minimum absolute atomic E-state index is 0.170. The van der Waals surface area contributed by atoms with Crippen molar-refractivity contribution < 1.29 is 9.90 Å². The van der Waals surface area contributed by atoms with Gasteiger partial charge in [-0.15, -0.1) is 5.10 Å². The number of hydrogen-bond acceptors (Lipinski definition) is 5. The number of benzene rings is 1. The third-order valence-corrected chi connectivity index (χ3v) is 8.65. The lowest BCUT2D eigenvalue weighted by molar-refractivity contribution is 0.143. The molecule has 2 N–H and O–H groups in total. The molecule has 0 unspecified atom stereocenters. The Labute approximate surface area is 199 Å². The first-order valence-electron chi connectivity index (χ1n) is 10.6. The molecule has 3 heterocycles. The lowest BCUT2D eigenvalue weighted by Gasteiger charge is -2.45. The van der Waals surface area contributed by atoms with Gasteiger partial charge in [-0.3, -0.25) is 0 Å². The Hall–Kier alpha value is -1.88. The van der Waals surface area contributed by atoms with E-state index in [1.54, 1.807) is 11.3 Å². The number of piperidine rings is 1. The van der Waals surface area contributed by atoms with Crippen molar-refractivity contribution in [2.75, 3.05) is 18.0 Å². The number of rotatable bonds is 4. The number of halogens is 1. The molecule has 1 aromatic carbocycles. The lowest BCUT2D eigenvalue weighted by atomic mass is 9.66. The Morgan fingerprint density at radius 1 is 1.35 bits per heavy atom. The second-order valence-corrected chi connectivity index (χ2v) is 11.5. The van der Waals surface area contributed by atoms with Crippen molar-refractivity contribution >= 4 is 50.1 Å². The maximum Gasteiger partial charge on any atom is 0.405 e. The summed E-state index contributed by atoms with van der Waals surface area (Å²) in [6.07, 6.45) is 4.93. The van der Waals surface area contributed by atoms with Crippen LogP contribution in [0.5, 0.6) is 0 Å². The highest BCUT2D eigenvalue weighted by Gasteiger charge is 2.49. The average molecular weight is 551 g/mol. The van der Waals surface area contributed by atoms with Crippen LogP contribution in [0.2, 0.25) is 0 Å². The summed E-state index contributed by atoms with van der Waals surface area (Å²) in [4.78, 5) is 19.1. The average Bonchev–Trinajstić information content (AvgIpc) is 3.36. The number of nitrogens with one attached hydrogen (secondary N) is 1. The molecule has 7 nitrogen and oxygen atoms in total. The van der Waals surface area contributed by atoms with Gasteiger partial charge in [0.2, 0.25) is 10.1 Å². The van der Waals surface area contributed by atoms with Gasteiger partial charge < -0.3 is 15.3 Å². The van der Waals surface area contributed by atoms with Gasteiger partial charge in [0.15, 0.2) is 0 Å². The third kappa shape index (κ3) is 3.79. The number of carbonyl (C=O) groups is 1. The topological polar surface area (TPSA) is 82.8 Å². The van der Waals surface area contributed by atoms with Gasteiger partial charge in [-0.05, 0) is 84.6 Å². The Bertz CT molecular complexity index is 1130. The molecule has 2 aromatic heterocycles.